The summed E-state index contributed by atoms with van der Waals surface area (Å²) in [7, 11) is 2.02. The van der Waals surface area contributed by atoms with Gasteiger partial charge in [-0.05, 0) is 32.1 Å². The number of aryl methyl sites for hydroxylation is 2. The number of carbonyl (C=O) groups excluding carboxylic acids is 2. The molecule has 0 radical (unpaired) electrons. The number of anilines is 1. The van der Waals surface area contributed by atoms with Gasteiger partial charge in [0, 0.05) is 48.7 Å². The molecule has 32 heavy (non-hydrogen) atoms. The van der Waals surface area contributed by atoms with Crippen molar-refractivity contribution in [3.05, 3.63) is 36.5 Å². The predicted octanol–water partition coefficient (Wildman–Crippen LogP) is 2.63. The van der Waals surface area contributed by atoms with Crippen molar-refractivity contribution < 1.29 is 9.59 Å². The Hall–Kier alpha value is -3.13. The van der Waals surface area contributed by atoms with Crippen LogP contribution in [0.3, 0.4) is 0 Å². The van der Waals surface area contributed by atoms with E-state index < -0.39 is 0 Å². The minimum atomic E-state index is -0.140. The fourth-order valence-corrected chi connectivity index (χ4v) is 4.37. The lowest BCUT2D eigenvalue weighted by Crippen LogP contribution is -2.44. The molecule has 1 aromatic carbocycles. The van der Waals surface area contributed by atoms with E-state index in [1.165, 1.54) is 0 Å². The van der Waals surface area contributed by atoms with E-state index in [2.05, 4.69) is 47.0 Å². The van der Waals surface area contributed by atoms with Gasteiger partial charge in [0.2, 0.25) is 11.8 Å². The Labute approximate surface area is 188 Å². The molecule has 0 aliphatic carbocycles. The number of nitrogens with zero attached hydrogens (tertiary/aromatic N) is 5. The van der Waals surface area contributed by atoms with E-state index in [1.807, 2.05) is 29.9 Å². The van der Waals surface area contributed by atoms with E-state index >= 15 is 0 Å². The van der Waals surface area contributed by atoms with Crippen LogP contribution >= 0.6 is 0 Å². The second kappa shape index (κ2) is 9.56. The Kier molecular flexibility index (Phi) is 6.60. The molecule has 4 rings (SSSR count). The Morgan fingerprint density at radius 3 is 2.78 bits per heavy atom. The molecule has 3 heterocycles. The number of nitrogens with one attached hydrogen (secondary N) is 1. The smallest absolute Gasteiger partial charge is 0.240 e. The second-order valence-corrected chi connectivity index (χ2v) is 8.24. The van der Waals surface area contributed by atoms with E-state index in [-0.39, 0.29) is 18.4 Å². The van der Waals surface area contributed by atoms with Gasteiger partial charge in [-0.3, -0.25) is 14.5 Å². The topological polar surface area (TPSA) is 75.4 Å². The summed E-state index contributed by atoms with van der Waals surface area (Å²) in [5.74, 6) is 0.502. The van der Waals surface area contributed by atoms with Gasteiger partial charge in [0.25, 0.3) is 0 Å². The van der Waals surface area contributed by atoms with Crippen LogP contribution in [-0.2, 0) is 23.2 Å². The van der Waals surface area contributed by atoms with Gasteiger partial charge in [0.1, 0.15) is 12.4 Å². The predicted molar refractivity (Wildman–Crippen MR) is 127 cm³/mol. The van der Waals surface area contributed by atoms with E-state index in [9.17, 15) is 9.59 Å². The fourth-order valence-electron chi connectivity index (χ4n) is 4.37. The summed E-state index contributed by atoms with van der Waals surface area (Å²) >= 11 is 0. The Balaban J connectivity index is 1.47. The van der Waals surface area contributed by atoms with Gasteiger partial charge in [0.15, 0.2) is 0 Å². The lowest BCUT2D eigenvalue weighted by atomic mass is 10.1. The fraction of sp³-hybridized carbons (Fsp3) is 0.458. The van der Waals surface area contributed by atoms with Crippen molar-refractivity contribution in [3.63, 3.8) is 0 Å². The Bertz CT molecular complexity index is 1110. The molecular weight excluding hydrogens is 404 g/mol. The largest absolute Gasteiger partial charge is 0.354 e. The van der Waals surface area contributed by atoms with Crippen LogP contribution in [0.25, 0.3) is 22.2 Å². The Morgan fingerprint density at radius 2 is 2.00 bits per heavy atom. The van der Waals surface area contributed by atoms with Crippen LogP contribution in [-0.4, -0.2) is 63.8 Å². The number of fused-ring (bicyclic) bond motifs is 2. The van der Waals surface area contributed by atoms with Crippen LogP contribution in [0.5, 0.6) is 0 Å². The maximum Gasteiger partial charge on any atom is 0.240 e. The number of para-hydroxylation sites is 1. The molecular formula is C24H32N6O2. The zero-order chi connectivity index (χ0) is 22.7. The van der Waals surface area contributed by atoms with E-state index in [4.69, 9.17) is 5.10 Å². The van der Waals surface area contributed by atoms with Crippen molar-refractivity contribution in [1.29, 1.82) is 0 Å². The molecule has 0 bridgehead atoms. The highest BCUT2D eigenvalue weighted by Crippen LogP contribution is 2.33. The third-order valence-corrected chi connectivity index (χ3v) is 6.22. The van der Waals surface area contributed by atoms with Gasteiger partial charge < -0.3 is 14.8 Å². The van der Waals surface area contributed by atoms with Crippen LogP contribution in [0.2, 0.25) is 0 Å². The number of aromatic nitrogens is 3. The molecule has 1 N–H and O–H groups in total. The Morgan fingerprint density at radius 1 is 1.22 bits per heavy atom. The van der Waals surface area contributed by atoms with Gasteiger partial charge >= 0.3 is 0 Å². The molecule has 1 aliphatic rings. The summed E-state index contributed by atoms with van der Waals surface area (Å²) in [5.41, 5.74) is 2.97. The monoisotopic (exact) mass is 436 g/mol. The van der Waals surface area contributed by atoms with Crippen LogP contribution in [0, 0.1) is 0 Å². The molecule has 0 spiro atoms. The van der Waals surface area contributed by atoms with Crippen molar-refractivity contribution in [1.82, 2.24) is 24.6 Å². The second-order valence-electron chi connectivity index (χ2n) is 8.24. The molecule has 2 aromatic heterocycles. The first kappa shape index (κ1) is 22.1. The molecule has 0 atom stereocenters. The number of hydrogen-bond donors (Lipinski definition) is 1. The van der Waals surface area contributed by atoms with Gasteiger partial charge in [-0.2, -0.15) is 5.10 Å². The summed E-state index contributed by atoms with van der Waals surface area (Å²) in [4.78, 5) is 29.1. The zero-order valence-corrected chi connectivity index (χ0v) is 19.2. The molecule has 2 amide bonds. The van der Waals surface area contributed by atoms with E-state index in [0.29, 0.717) is 25.3 Å². The van der Waals surface area contributed by atoms with Crippen molar-refractivity contribution >= 4 is 28.5 Å². The van der Waals surface area contributed by atoms with E-state index in [1.54, 1.807) is 4.90 Å². The first-order chi connectivity index (χ1) is 15.5. The highest BCUT2D eigenvalue weighted by molar-refractivity contribution is 6.00. The third-order valence-electron chi connectivity index (χ3n) is 6.22. The number of hydrogen-bond acceptors (Lipinski definition) is 4. The highest BCUT2D eigenvalue weighted by atomic mass is 16.2. The van der Waals surface area contributed by atoms with Crippen LogP contribution in [0.1, 0.15) is 26.7 Å². The lowest BCUT2D eigenvalue weighted by molar-refractivity contribution is -0.124. The maximum absolute atomic E-state index is 12.6. The SMILES string of the molecule is CCN(CC)CCCNC(=O)CN1C(=O)CCn2nc(-c3cn(C)c4ccccc34)cc21. The van der Waals surface area contributed by atoms with Crippen LogP contribution in [0.4, 0.5) is 5.82 Å². The molecule has 1 aliphatic heterocycles. The standard InChI is InChI=1S/C24H32N6O2/c1-4-28(5-2)13-8-12-25-22(31)17-29-23-15-20(26-30(23)14-11-24(29)32)19-16-27(3)21-10-7-6-9-18(19)21/h6-7,9-10,15-16H,4-5,8,11-14,17H2,1-3H3,(H,25,31). The third kappa shape index (κ3) is 4.41. The number of rotatable bonds is 9. The molecule has 8 heteroatoms. The molecule has 0 saturated heterocycles. The molecule has 170 valence electrons. The molecule has 0 fully saturated rings. The summed E-state index contributed by atoms with van der Waals surface area (Å²) in [6.07, 6.45) is 3.30. The summed E-state index contributed by atoms with van der Waals surface area (Å²) in [5, 5.41) is 8.84. The van der Waals surface area contributed by atoms with Gasteiger partial charge in [-0.15, -0.1) is 0 Å². The maximum atomic E-state index is 12.6. The van der Waals surface area contributed by atoms with Crippen molar-refractivity contribution in [2.24, 2.45) is 7.05 Å². The summed E-state index contributed by atoms with van der Waals surface area (Å²) in [6, 6.07) is 10.1. The van der Waals surface area contributed by atoms with Gasteiger partial charge in [0.05, 0.1) is 12.2 Å². The van der Waals surface area contributed by atoms with Crippen LogP contribution < -0.4 is 10.2 Å². The summed E-state index contributed by atoms with van der Waals surface area (Å²) < 4.78 is 3.92. The quantitative estimate of drug-likeness (QED) is 0.523. The molecule has 3 aromatic rings. The van der Waals surface area contributed by atoms with Crippen molar-refractivity contribution in [2.45, 2.75) is 33.2 Å². The first-order valence-electron chi connectivity index (χ1n) is 11.4. The minimum absolute atomic E-state index is 0.0186. The van der Waals surface area contributed by atoms with Gasteiger partial charge in [-0.1, -0.05) is 32.0 Å². The molecule has 0 unspecified atom stereocenters. The first-order valence-corrected chi connectivity index (χ1v) is 11.4. The van der Waals surface area contributed by atoms with Crippen molar-refractivity contribution in [3.8, 4) is 11.3 Å². The average molecular weight is 437 g/mol. The minimum Gasteiger partial charge on any atom is -0.354 e. The number of carbonyl (C=O) groups is 2. The normalized spacial score (nSPS) is 13.8. The summed E-state index contributed by atoms with van der Waals surface area (Å²) in [6.45, 7) is 8.41. The number of benzene rings is 1. The lowest BCUT2D eigenvalue weighted by Gasteiger charge is -2.27. The van der Waals surface area contributed by atoms with Crippen molar-refractivity contribution in [2.75, 3.05) is 37.6 Å². The van der Waals surface area contributed by atoms with E-state index in [0.717, 1.165) is 48.2 Å². The van der Waals surface area contributed by atoms with Crippen LogP contribution in [0.15, 0.2) is 36.5 Å². The zero-order valence-electron chi connectivity index (χ0n) is 19.2. The van der Waals surface area contributed by atoms with Gasteiger partial charge in [-0.25, -0.2) is 4.68 Å². The molecule has 0 saturated carbocycles. The number of amides is 2. The average Bonchev–Trinajstić information content (AvgIpc) is 3.37. The highest BCUT2D eigenvalue weighted by Gasteiger charge is 2.28. The molecule has 8 nitrogen and oxygen atoms in total.